The summed E-state index contributed by atoms with van der Waals surface area (Å²) in [7, 11) is 10.7. The van der Waals surface area contributed by atoms with Crippen LogP contribution in [-0.2, 0) is 33.7 Å². The van der Waals surface area contributed by atoms with Crippen LogP contribution in [0.15, 0.2) is 200 Å². The van der Waals surface area contributed by atoms with Gasteiger partial charge in [0.1, 0.15) is 0 Å². The largest absolute Gasteiger partial charge is 0.184 e. The molecule has 0 amide bonds. The average molecular weight is 1020 g/mol. The Balaban J connectivity index is 0.000000140. The van der Waals surface area contributed by atoms with Crippen molar-refractivity contribution in [3.05, 3.63) is 229 Å². The van der Waals surface area contributed by atoms with Crippen molar-refractivity contribution in [1.29, 1.82) is 0 Å². The van der Waals surface area contributed by atoms with E-state index in [1.54, 1.807) is 0 Å². The van der Waals surface area contributed by atoms with E-state index in [1.807, 2.05) is 6.07 Å². The van der Waals surface area contributed by atoms with Crippen LogP contribution in [0.4, 0.5) is 0 Å². The van der Waals surface area contributed by atoms with Crippen LogP contribution in [0.3, 0.4) is 0 Å². The first kappa shape index (κ1) is 49.1. The van der Waals surface area contributed by atoms with Crippen LogP contribution in [0.1, 0.15) is 75.6 Å². The van der Waals surface area contributed by atoms with Crippen molar-refractivity contribution in [2.45, 2.75) is 66.2 Å². The van der Waals surface area contributed by atoms with E-state index in [4.69, 9.17) is 17.0 Å². The second-order valence-corrected chi connectivity index (χ2v) is 22.8. The molecule has 0 bridgehead atoms. The van der Waals surface area contributed by atoms with Crippen LogP contribution in [-0.4, -0.2) is 9.52 Å². The number of halogens is 2. The van der Waals surface area contributed by atoms with Gasteiger partial charge in [-0.25, -0.2) is 0 Å². The zero-order valence-corrected chi connectivity index (χ0v) is 44.8. The molecule has 0 atom stereocenters. The van der Waals surface area contributed by atoms with Crippen LogP contribution in [0.25, 0.3) is 77.2 Å². The summed E-state index contributed by atoms with van der Waals surface area (Å²) in [4.78, 5) is 0. The van der Waals surface area contributed by atoms with Crippen LogP contribution in [0.2, 0.25) is 0 Å². The molecule has 2 radical (unpaired) electrons. The summed E-state index contributed by atoms with van der Waals surface area (Å²) in [6.45, 7) is 13.6. The smallest absolute Gasteiger partial charge is 0.0920 e. The topological polar surface area (TPSA) is 0 Å². The third kappa shape index (κ3) is 10.9. The van der Waals surface area contributed by atoms with E-state index < -0.39 is 20.8 Å². The molecule has 0 aromatic heterocycles. The predicted octanol–water partition coefficient (Wildman–Crippen LogP) is 17.7. The molecular weight excluding hydrogens is 959 g/mol. The minimum atomic E-state index is -0.826. The molecule has 68 heavy (non-hydrogen) atoms. The number of hydrogen-bond donors (Lipinski definition) is 0. The Hall–Kier alpha value is -5.34. The van der Waals surface area contributed by atoms with Gasteiger partial charge in [0.25, 0.3) is 0 Å². The zero-order valence-electron chi connectivity index (χ0n) is 39.9. The summed E-state index contributed by atoms with van der Waals surface area (Å²) in [6.07, 6.45) is 2.08. The molecule has 1 heterocycles. The van der Waals surface area contributed by atoms with Gasteiger partial charge in [0, 0.05) is 0 Å². The molecule has 10 aromatic carbocycles. The summed E-state index contributed by atoms with van der Waals surface area (Å²) < 4.78 is 0. The van der Waals surface area contributed by atoms with Gasteiger partial charge in [0.15, 0.2) is 0 Å². The van der Waals surface area contributed by atoms with Crippen LogP contribution in [0.5, 0.6) is 0 Å². The Morgan fingerprint density at radius 2 is 0.882 bits per heavy atom. The number of rotatable bonds is 8. The first-order valence-corrected chi connectivity index (χ1v) is 31.1. The second-order valence-electron chi connectivity index (χ2n) is 17.8. The van der Waals surface area contributed by atoms with Gasteiger partial charge in [-0.1, -0.05) is 209 Å². The molecule has 1 aliphatic heterocycles. The van der Waals surface area contributed by atoms with Gasteiger partial charge in [-0.3, -0.25) is 0 Å². The Bertz CT molecular complexity index is 3010. The maximum absolute atomic E-state index is 4.93. The van der Waals surface area contributed by atoms with Gasteiger partial charge in [0.2, 0.25) is 0 Å². The number of hydrogen-bond acceptors (Lipinski definition) is 0. The third-order valence-corrected chi connectivity index (χ3v) is 14.4. The fourth-order valence-corrected chi connectivity index (χ4v) is 10.8. The van der Waals surface area contributed by atoms with Crippen molar-refractivity contribution in [3.8, 4) is 55.6 Å². The first-order valence-electron chi connectivity index (χ1n) is 23.8. The van der Waals surface area contributed by atoms with E-state index in [-0.39, 0.29) is 0 Å². The predicted molar refractivity (Wildman–Crippen MR) is 295 cm³/mol. The second kappa shape index (κ2) is 23.3. The van der Waals surface area contributed by atoms with Crippen LogP contribution >= 0.6 is 17.0 Å². The molecule has 0 unspecified atom stereocenters. The molecule has 4 heteroatoms. The maximum atomic E-state index is 4.93. The first-order chi connectivity index (χ1) is 33.2. The summed E-state index contributed by atoms with van der Waals surface area (Å²) in [5, 5.41) is 8.25. The monoisotopic (exact) mass is 1010 g/mol. The quantitative estimate of drug-likeness (QED) is 0.105. The van der Waals surface area contributed by atoms with E-state index in [0.717, 1.165) is 22.4 Å². The Kier molecular flexibility index (Phi) is 16.8. The summed E-state index contributed by atoms with van der Waals surface area (Å²) in [6, 6.07) is 76.0. The number of fused-ring (bicyclic) bond motifs is 5. The van der Waals surface area contributed by atoms with Crippen molar-refractivity contribution in [2.24, 2.45) is 0 Å². The molecule has 338 valence electrons. The van der Waals surface area contributed by atoms with E-state index in [2.05, 4.69) is 242 Å². The molecule has 10 aromatic rings. The molecule has 0 saturated carbocycles. The Labute approximate surface area is 426 Å². The Morgan fingerprint density at radius 1 is 0.471 bits per heavy atom. The molecule has 0 N–H and O–H groups in total. The molecule has 0 fully saturated rings. The van der Waals surface area contributed by atoms with Crippen LogP contribution < -0.4 is 10.4 Å². The van der Waals surface area contributed by atoms with Crippen molar-refractivity contribution in [3.63, 3.8) is 0 Å². The zero-order chi connectivity index (χ0) is 47.6. The van der Waals surface area contributed by atoms with Crippen molar-refractivity contribution in [1.82, 2.24) is 0 Å². The molecule has 0 spiro atoms. The van der Waals surface area contributed by atoms with Gasteiger partial charge in [-0.2, -0.15) is 41.6 Å². The fraction of sp³-hybridized carbons (Fsp3) is 0.156. The van der Waals surface area contributed by atoms with E-state index in [9.17, 15) is 0 Å². The van der Waals surface area contributed by atoms with E-state index in [1.165, 1.54) is 110 Å². The molecule has 0 nitrogen and oxygen atoms in total. The molecule has 0 aliphatic carbocycles. The van der Waals surface area contributed by atoms with Crippen molar-refractivity contribution < 1.29 is 20.8 Å². The van der Waals surface area contributed by atoms with Crippen molar-refractivity contribution >= 4 is 58.5 Å². The maximum Gasteiger partial charge on any atom is 0.0920 e. The van der Waals surface area contributed by atoms with Gasteiger partial charge in [0.05, 0.1) is 9.52 Å². The minimum absolute atomic E-state index is 0.539. The van der Waals surface area contributed by atoms with Crippen molar-refractivity contribution in [2.75, 3.05) is 0 Å². The third-order valence-electron chi connectivity index (χ3n) is 13.0. The van der Waals surface area contributed by atoms with Gasteiger partial charge in [-0.05, 0) is 69.2 Å². The number of benzene rings is 8. The molecule has 0 saturated heterocycles. The molecule has 1 aliphatic rings. The summed E-state index contributed by atoms with van der Waals surface area (Å²) in [5.74, 6) is 1.08. The van der Waals surface area contributed by atoms with E-state index in [0.29, 0.717) is 11.8 Å². The summed E-state index contributed by atoms with van der Waals surface area (Å²) in [5.41, 5.74) is 19.1. The summed E-state index contributed by atoms with van der Waals surface area (Å²) >= 11 is -0.826. The SMILES string of the molecule is CCc1ccccc1-c1c(-c2ccccc2)ccc2[cH-]c(C(C)C)cc12.CCc1ccccc1-c1c(-c2ccccc2)ccc2[cH-]c(C(C)C)cc12.[Cl][Zr][Cl].[c-]1cccc2c1[Si]c1ccccc1-2. The molecular formula is C64H57Cl2SiZr-3. The number of aryl methyl sites for hydroxylation is 2. The Morgan fingerprint density at radius 3 is 1.34 bits per heavy atom. The van der Waals surface area contributed by atoms with Crippen LogP contribution in [0, 0.1) is 6.07 Å². The van der Waals surface area contributed by atoms with Gasteiger partial charge >= 0.3 is 37.9 Å². The minimum Gasteiger partial charge on any atom is -0.184 e. The average Bonchev–Trinajstić information content (AvgIpc) is 4.13. The normalized spacial score (nSPS) is 11.3. The van der Waals surface area contributed by atoms with Gasteiger partial charge < -0.3 is 0 Å². The molecule has 11 rings (SSSR count). The van der Waals surface area contributed by atoms with Gasteiger partial charge in [-0.15, -0.1) is 62.5 Å². The standard InChI is InChI=1S/2C26H25.C12H7Si.2ClH.Zr/c2*1-4-19-10-8-9-13-23(19)26-24(20-11-6-5-7-12-20)15-14-21-16-22(18(2)3)17-25(21)26;1-3-7-11-9(5-1)10-6-2-4-8-12(10)13-11;;;/h2*5-18H,4H2,1-3H3;1-7H;2*1H;/q3*-1;;;+2/p-2. The van der Waals surface area contributed by atoms with E-state index >= 15 is 0 Å². The fourth-order valence-electron chi connectivity index (χ4n) is 9.44.